The lowest BCUT2D eigenvalue weighted by Gasteiger charge is -2.11. The van der Waals surface area contributed by atoms with Gasteiger partial charge in [0.2, 0.25) is 12.3 Å². The summed E-state index contributed by atoms with van der Waals surface area (Å²) in [6, 6.07) is 12.4. The van der Waals surface area contributed by atoms with Gasteiger partial charge in [-0.3, -0.25) is 0 Å². The molecule has 0 radical (unpaired) electrons. The molecular weight excluding hydrogens is 392 g/mol. The van der Waals surface area contributed by atoms with Crippen molar-refractivity contribution in [1.82, 2.24) is 0 Å². The van der Waals surface area contributed by atoms with Crippen LogP contribution in [0, 0.1) is 15.3 Å². The summed E-state index contributed by atoms with van der Waals surface area (Å²) in [5, 5.41) is 20.4. The Morgan fingerprint density at radius 2 is 1.53 bits per heavy atom. The summed E-state index contributed by atoms with van der Waals surface area (Å²) in [5.74, 6) is 3.04. The molecule has 0 N–H and O–H groups in total. The van der Waals surface area contributed by atoms with Crippen LogP contribution in [0.1, 0.15) is 0 Å². The van der Waals surface area contributed by atoms with Crippen molar-refractivity contribution >= 4 is 32.4 Å². The van der Waals surface area contributed by atoms with Gasteiger partial charge < -0.3 is 34.3 Å². The highest BCUT2D eigenvalue weighted by atomic mass is 16.9. The van der Waals surface area contributed by atoms with E-state index in [2.05, 4.69) is 36.0 Å². The van der Waals surface area contributed by atoms with E-state index in [0.717, 1.165) is 55.4 Å². The summed E-state index contributed by atoms with van der Waals surface area (Å²) in [6.07, 6.45) is 2.11. The van der Waals surface area contributed by atoms with Gasteiger partial charge in [-0.05, 0) is 35.7 Å². The highest BCUT2D eigenvalue weighted by molar-refractivity contribution is 6.14. The number of benzene rings is 3. The molecule has 9 nitrogen and oxygen atoms in total. The van der Waals surface area contributed by atoms with Crippen LogP contribution in [0.2, 0.25) is 0 Å². The van der Waals surface area contributed by atoms with Gasteiger partial charge in [0, 0.05) is 5.39 Å². The molecule has 0 saturated heterocycles. The fraction of sp³-hybridized carbons (Fsp3) is 0.190. The van der Waals surface area contributed by atoms with E-state index in [1.54, 1.807) is 14.2 Å². The van der Waals surface area contributed by atoms with Crippen molar-refractivity contribution in [3.05, 3.63) is 57.9 Å². The molecule has 2 heterocycles. The number of methoxy groups -OCH3 is 2. The van der Waals surface area contributed by atoms with E-state index in [1.807, 2.05) is 18.2 Å². The molecule has 0 aliphatic carbocycles. The summed E-state index contributed by atoms with van der Waals surface area (Å²) >= 11 is 0. The van der Waals surface area contributed by atoms with Crippen LogP contribution in [-0.2, 0) is 7.05 Å². The topological polar surface area (TPSA) is 107 Å². The Hall–Kier alpha value is -4.01. The standard InChI is InChI=1S/C21H18NO4.NO3/c1-22-10-13-7-17(23-2)18(24-3)8-15(13)14-5-4-12-6-19-20(26-11-25-19)9-16(12)21(14)22;2-1(3)4/h4-10H,11H2,1-3H3;/q+1;-1. The van der Waals surface area contributed by atoms with Crippen molar-refractivity contribution in [2.24, 2.45) is 7.05 Å². The molecule has 5 rings (SSSR count). The molecule has 30 heavy (non-hydrogen) atoms. The summed E-state index contributed by atoms with van der Waals surface area (Å²) in [5.41, 5.74) is 1.14. The summed E-state index contributed by atoms with van der Waals surface area (Å²) in [7, 11) is 5.37. The lowest BCUT2D eigenvalue weighted by Crippen LogP contribution is -2.28. The Kier molecular flexibility index (Phi) is 4.78. The molecule has 1 aromatic heterocycles. The van der Waals surface area contributed by atoms with Crippen LogP contribution in [0.15, 0.2) is 42.6 Å². The maximum Gasteiger partial charge on any atom is 0.231 e. The molecule has 0 spiro atoms. The molecule has 0 unspecified atom stereocenters. The first-order valence-electron chi connectivity index (χ1n) is 8.95. The Balaban J connectivity index is 0.000000503. The van der Waals surface area contributed by atoms with Gasteiger partial charge in [0.25, 0.3) is 0 Å². The number of ether oxygens (including phenoxy) is 4. The SMILES string of the molecule is COc1cc2c[n+](C)c3c4cc5c(cc4ccc3c2cc1OC)OCO5.O=[N+]([O-])[O-]. The minimum absolute atomic E-state index is 0.273. The summed E-state index contributed by atoms with van der Waals surface area (Å²) < 4.78 is 24.2. The number of hydrogen-bond donors (Lipinski definition) is 0. The lowest BCUT2D eigenvalue weighted by molar-refractivity contribution is -0.642. The molecule has 154 valence electrons. The Bertz CT molecular complexity index is 1300. The monoisotopic (exact) mass is 410 g/mol. The third-order valence-corrected chi connectivity index (χ3v) is 5.02. The van der Waals surface area contributed by atoms with Gasteiger partial charge in [-0.1, -0.05) is 6.07 Å². The van der Waals surface area contributed by atoms with Gasteiger partial charge in [-0.2, -0.15) is 4.57 Å². The predicted molar refractivity (Wildman–Crippen MR) is 110 cm³/mol. The molecule has 1 aliphatic rings. The van der Waals surface area contributed by atoms with Crippen molar-refractivity contribution in [2.75, 3.05) is 21.0 Å². The quantitative estimate of drug-likeness (QED) is 0.215. The fourth-order valence-corrected chi connectivity index (χ4v) is 3.80. The average molecular weight is 410 g/mol. The largest absolute Gasteiger partial charge is 0.493 e. The van der Waals surface area contributed by atoms with Gasteiger partial charge in [0.1, 0.15) is 7.05 Å². The van der Waals surface area contributed by atoms with E-state index in [9.17, 15) is 0 Å². The molecule has 3 aromatic carbocycles. The minimum atomic E-state index is -1.75. The van der Waals surface area contributed by atoms with E-state index in [4.69, 9.17) is 34.3 Å². The molecule has 1 aliphatic heterocycles. The van der Waals surface area contributed by atoms with Crippen molar-refractivity contribution in [1.29, 1.82) is 0 Å². The average Bonchev–Trinajstić information content (AvgIpc) is 3.17. The Morgan fingerprint density at radius 1 is 0.900 bits per heavy atom. The first-order chi connectivity index (χ1) is 14.4. The van der Waals surface area contributed by atoms with Crippen LogP contribution >= 0.6 is 0 Å². The zero-order chi connectivity index (χ0) is 21.4. The smallest absolute Gasteiger partial charge is 0.231 e. The van der Waals surface area contributed by atoms with Crippen LogP contribution in [0.25, 0.3) is 32.4 Å². The normalized spacial score (nSPS) is 12.0. The fourth-order valence-electron chi connectivity index (χ4n) is 3.80. The van der Waals surface area contributed by atoms with E-state index in [-0.39, 0.29) is 6.79 Å². The second-order valence-corrected chi connectivity index (χ2v) is 6.65. The Labute approximate surface area is 170 Å². The minimum Gasteiger partial charge on any atom is -0.493 e. The highest BCUT2D eigenvalue weighted by Crippen LogP contribution is 2.40. The third-order valence-electron chi connectivity index (χ3n) is 5.02. The van der Waals surface area contributed by atoms with Crippen LogP contribution < -0.4 is 23.5 Å². The molecule has 9 heteroatoms. The van der Waals surface area contributed by atoms with E-state index in [1.165, 1.54) is 0 Å². The van der Waals surface area contributed by atoms with E-state index < -0.39 is 5.09 Å². The molecule has 4 aromatic rings. The van der Waals surface area contributed by atoms with Crippen LogP contribution in [-0.4, -0.2) is 26.1 Å². The molecule has 0 fully saturated rings. The van der Waals surface area contributed by atoms with Gasteiger partial charge in [0.15, 0.2) is 29.2 Å². The van der Waals surface area contributed by atoms with E-state index >= 15 is 0 Å². The maximum atomic E-state index is 8.25. The second kappa shape index (κ2) is 7.43. The van der Waals surface area contributed by atoms with Crippen molar-refractivity contribution in [2.45, 2.75) is 0 Å². The van der Waals surface area contributed by atoms with Crippen LogP contribution in [0.4, 0.5) is 0 Å². The first kappa shape index (κ1) is 19.3. The molecule has 0 saturated carbocycles. The van der Waals surface area contributed by atoms with Gasteiger partial charge in [0.05, 0.1) is 35.5 Å². The van der Waals surface area contributed by atoms with Gasteiger partial charge in [-0.25, -0.2) is 0 Å². The zero-order valence-electron chi connectivity index (χ0n) is 16.5. The first-order valence-corrected chi connectivity index (χ1v) is 8.95. The lowest BCUT2D eigenvalue weighted by atomic mass is 10.0. The number of nitrogens with zero attached hydrogens (tertiary/aromatic N) is 2. The number of pyridine rings is 1. The number of fused-ring (bicyclic) bond motifs is 6. The van der Waals surface area contributed by atoms with Crippen LogP contribution in [0.3, 0.4) is 0 Å². The number of aryl methyl sites for hydroxylation is 1. The molecule has 0 atom stereocenters. The number of rotatable bonds is 2. The van der Waals surface area contributed by atoms with Crippen molar-refractivity contribution in [3.63, 3.8) is 0 Å². The third kappa shape index (κ3) is 3.20. The number of hydrogen-bond acceptors (Lipinski definition) is 7. The Morgan fingerprint density at radius 3 is 2.20 bits per heavy atom. The summed E-state index contributed by atoms with van der Waals surface area (Å²) in [6.45, 7) is 0.273. The van der Waals surface area contributed by atoms with E-state index in [0.29, 0.717) is 0 Å². The predicted octanol–water partition coefficient (Wildman–Crippen LogP) is 3.48. The van der Waals surface area contributed by atoms with Crippen molar-refractivity contribution < 1.29 is 28.6 Å². The molecular formula is C21H18N2O7. The molecule has 0 bridgehead atoms. The van der Waals surface area contributed by atoms with Gasteiger partial charge in [-0.15, -0.1) is 0 Å². The summed E-state index contributed by atoms with van der Waals surface area (Å²) in [4.78, 5) is 8.25. The maximum absolute atomic E-state index is 8.25. The van der Waals surface area contributed by atoms with Gasteiger partial charge >= 0.3 is 0 Å². The molecule has 0 amide bonds. The zero-order valence-corrected chi connectivity index (χ0v) is 16.5. The second-order valence-electron chi connectivity index (χ2n) is 6.65. The number of aromatic nitrogens is 1. The van der Waals surface area contributed by atoms with Crippen LogP contribution in [0.5, 0.6) is 23.0 Å². The van der Waals surface area contributed by atoms with Crippen molar-refractivity contribution in [3.8, 4) is 23.0 Å². The highest BCUT2D eigenvalue weighted by Gasteiger charge is 2.20.